The van der Waals surface area contributed by atoms with Crippen molar-refractivity contribution in [1.82, 2.24) is 0 Å². The van der Waals surface area contributed by atoms with Crippen LogP contribution in [0.3, 0.4) is 0 Å². The average molecular weight is 340 g/mol. The fourth-order valence-corrected chi connectivity index (χ4v) is 2.72. The van der Waals surface area contributed by atoms with Gasteiger partial charge in [0.25, 0.3) is 0 Å². The minimum Gasteiger partial charge on any atom is -0.494 e. The average Bonchev–Trinajstić information content (AvgIpc) is 2.55. The maximum atomic E-state index is 12.4. The normalized spacial score (nSPS) is 10.2. The highest BCUT2D eigenvalue weighted by Crippen LogP contribution is 2.25. The number of para-hydroxylation sites is 1. The summed E-state index contributed by atoms with van der Waals surface area (Å²) in [5, 5.41) is 2.82. The summed E-state index contributed by atoms with van der Waals surface area (Å²) in [6.07, 6.45) is 0. The molecule has 2 aromatic carbocycles. The van der Waals surface area contributed by atoms with E-state index in [1.54, 1.807) is 24.3 Å². The van der Waals surface area contributed by atoms with Gasteiger partial charge in [0.2, 0.25) is 11.8 Å². The Kier molecular flexibility index (Phi) is 6.17. The van der Waals surface area contributed by atoms with Gasteiger partial charge in [0, 0.05) is 12.6 Å². The zero-order valence-electron chi connectivity index (χ0n) is 15.1. The number of hydrogen-bond acceptors (Lipinski definition) is 3. The van der Waals surface area contributed by atoms with Crippen LogP contribution in [0, 0.1) is 13.8 Å². The Hall–Kier alpha value is -2.82. The topological polar surface area (TPSA) is 58.6 Å². The van der Waals surface area contributed by atoms with Gasteiger partial charge in [0.1, 0.15) is 12.3 Å². The summed E-state index contributed by atoms with van der Waals surface area (Å²) in [6, 6.07) is 13.0. The minimum atomic E-state index is -0.248. The number of anilines is 2. The van der Waals surface area contributed by atoms with Crippen LogP contribution in [0.4, 0.5) is 11.4 Å². The molecule has 0 aliphatic carbocycles. The molecular formula is C20H24N2O3. The van der Waals surface area contributed by atoms with E-state index >= 15 is 0 Å². The second-order valence-electron chi connectivity index (χ2n) is 5.85. The monoisotopic (exact) mass is 340 g/mol. The van der Waals surface area contributed by atoms with Gasteiger partial charge in [-0.2, -0.15) is 0 Å². The fraction of sp³-hybridized carbons (Fsp3) is 0.300. The molecule has 0 unspecified atom stereocenters. The molecule has 0 radical (unpaired) electrons. The van der Waals surface area contributed by atoms with Crippen LogP contribution in [0.25, 0.3) is 0 Å². The molecule has 0 aliphatic heterocycles. The lowest BCUT2D eigenvalue weighted by molar-refractivity contribution is -0.120. The van der Waals surface area contributed by atoms with Crippen LogP contribution >= 0.6 is 0 Å². The van der Waals surface area contributed by atoms with E-state index in [1.807, 2.05) is 39.0 Å². The van der Waals surface area contributed by atoms with E-state index in [9.17, 15) is 9.59 Å². The van der Waals surface area contributed by atoms with Crippen LogP contribution < -0.4 is 15.0 Å². The molecule has 2 amide bonds. The standard InChI is InChI=1S/C20H24N2O3/c1-5-25-18-11-9-17(10-12-18)21-19(24)13-22(16(4)23)20-14(2)7-6-8-15(20)3/h6-12H,5,13H2,1-4H3,(H,21,24). The van der Waals surface area contributed by atoms with Crippen molar-refractivity contribution in [1.29, 1.82) is 0 Å². The first-order valence-electron chi connectivity index (χ1n) is 8.29. The molecule has 0 heterocycles. The Morgan fingerprint density at radius 2 is 1.64 bits per heavy atom. The summed E-state index contributed by atoms with van der Waals surface area (Å²) in [6.45, 7) is 7.81. The van der Waals surface area contributed by atoms with Crippen molar-refractivity contribution >= 4 is 23.2 Å². The van der Waals surface area contributed by atoms with Gasteiger partial charge in [0.15, 0.2) is 0 Å². The Balaban J connectivity index is 2.12. The summed E-state index contributed by atoms with van der Waals surface area (Å²) in [4.78, 5) is 26.0. The number of benzene rings is 2. The van der Waals surface area contributed by atoms with Crippen molar-refractivity contribution < 1.29 is 14.3 Å². The van der Waals surface area contributed by atoms with Gasteiger partial charge in [-0.3, -0.25) is 9.59 Å². The zero-order chi connectivity index (χ0) is 18.4. The second kappa shape index (κ2) is 8.33. The van der Waals surface area contributed by atoms with Crippen molar-refractivity contribution in [2.75, 3.05) is 23.4 Å². The Morgan fingerprint density at radius 1 is 1.04 bits per heavy atom. The van der Waals surface area contributed by atoms with Crippen molar-refractivity contribution in [3.05, 3.63) is 53.6 Å². The molecule has 5 nitrogen and oxygen atoms in total. The number of carbonyl (C=O) groups excluding carboxylic acids is 2. The maximum Gasteiger partial charge on any atom is 0.244 e. The molecule has 1 N–H and O–H groups in total. The quantitative estimate of drug-likeness (QED) is 0.872. The smallest absolute Gasteiger partial charge is 0.244 e. The molecule has 0 bridgehead atoms. The molecule has 2 aromatic rings. The van der Waals surface area contributed by atoms with Crippen molar-refractivity contribution in [3.8, 4) is 5.75 Å². The summed E-state index contributed by atoms with van der Waals surface area (Å²) in [5.74, 6) is 0.336. The summed E-state index contributed by atoms with van der Waals surface area (Å²) >= 11 is 0. The molecule has 0 aromatic heterocycles. The third-order valence-corrected chi connectivity index (χ3v) is 3.84. The highest BCUT2D eigenvalue weighted by Gasteiger charge is 2.19. The molecule has 132 valence electrons. The first-order valence-corrected chi connectivity index (χ1v) is 8.29. The molecule has 0 saturated heterocycles. The van der Waals surface area contributed by atoms with Gasteiger partial charge in [0.05, 0.1) is 12.3 Å². The lowest BCUT2D eigenvalue weighted by Crippen LogP contribution is -2.37. The van der Waals surface area contributed by atoms with Crippen LogP contribution in [0.1, 0.15) is 25.0 Å². The van der Waals surface area contributed by atoms with E-state index in [-0.39, 0.29) is 18.4 Å². The van der Waals surface area contributed by atoms with E-state index in [1.165, 1.54) is 11.8 Å². The highest BCUT2D eigenvalue weighted by atomic mass is 16.5. The lowest BCUT2D eigenvalue weighted by Gasteiger charge is -2.24. The molecular weight excluding hydrogens is 316 g/mol. The molecule has 25 heavy (non-hydrogen) atoms. The Morgan fingerprint density at radius 3 is 2.16 bits per heavy atom. The number of aryl methyl sites for hydroxylation is 2. The highest BCUT2D eigenvalue weighted by molar-refractivity contribution is 6.02. The number of ether oxygens (including phenoxy) is 1. The van der Waals surface area contributed by atoms with E-state index in [0.717, 1.165) is 22.6 Å². The van der Waals surface area contributed by atoms with Gasteiger partial charge in [-0.25, -0.2) is 0 Å². The summed E-state index contributed by atoms with van der Waals surface area (Å²) in [7, 11) is 0. The Labute approximate surface area is 148 Å². The predicted octanol–water partition coefficient (Wildman–Crippen LogP) is 3.69. The number of nitrogens with one attached hydrogen (secondary N) is 1. The van der Waals surface area contributed by atoms with Crippen molar-refractivity contribution in [2.45, 2.75) is 27.7 Å². The molecule has 5 heteroatoms. The SMILES string of the molecule is CCOc1ccc(NC(=O)CN(C(C)=O)c2c(C)cccc2C)cc1. The maximum absolute atomic E-state index is 12.4. The summed E-state index contributed by atoms with van der Waals surface area (Å²) in [5.41, 5.74) is 3.38. The van der Waals surface area contributed by atoms with Crippen molar-refractivity contribution in [3.63, 3.8) is 0 Å². The van der Waals surface area contributed by atoms with Crippen LogP contribution in [0.5, 0.6) is 5.75 Å². The van der Waals surface area contributed by atoms with E-state index in [2.05, 4.69) is 5.32 Å². The number of rotatable bonds is 6. The second-order valence-corrected chi connectivity index (χ2v) is 5.85. The van der Waals surface area contributed by atoms with E-state index in [0.29, 0.717) is 12.3 Å². The molecule has 0 saturated carbocycles. The van der Waals surface area contributed by atoms with Gasteiger partial charge in [-0.05, 0) is 56.2 Å². The third-order valence-electron chi connectivity index (χ3n) is 3.84. The molecule has 0 spiro atoms. The van der Waals surface area contributed by atoms with Gasteiger partial charge in [-0.15, -0.1) is 0 Å². The minimum absolute atomic E-state index is 0.0335. The first-order chi connectivity index (χ1) is 11.9. The zero-order valence-corrected chi connectivity index (χ0v) is 15.1. The van der Waals surface area contributed by atoms with Crippen LogP contribution in [0.15, 0.2) is 42.5 Å². The van der Waals surface area contributed by atoms with Gasteiger partial charge in [-0.1, -0.05) is 18.2 Å². The van der Waals surface area contributed by atoms with Crippen LogP contribution in [-0.4, -0.2) is 25.0 Å². The van der Waals surface area contributed by atoms with Crippen LogP contribution in [-0.2, 0) is 9.59 Å². The fourth-order valence-electron chi connectivity index (χ4n) is 2.72. The summed E-state index contributed by atoms with van der Waals surface area (Å²) < 4.78 is 5.38. The van der Waals surface area contributed by atoms with E-state index < -0.39 is 0 Å². The largest absolute Gasteiger partial charge is 0.494 e. The molecule has 2 rings (SSSR count). The first kappa shape index (κ1) is 18.5. The number of nitrogens with zero attached hydrogens (tertiary/aromatic N) is 1. The number of carbonyl (C=O) groups is 2. The molecule has 0 aliphatic rings. The van der Waals surface area contributed by atoms with Crippen molar-refractivity contribution in [2.24, 2.45) is 0 Å². The number of amides is 2. The Bertz CT molecular complexity index is 734. The van der Waals surface area contributed by atoms with Gasteiger partial charge >= 0.3 is 0 Å². The molecule has 0 fully saturated rings. The predicted molar refractivity (Wildman–Crippen MR) is 100 cm³/mol. The lowest BCUT2D eigenvalue weighted by atomic mass is 10.1. The van der Waals surface area contributed by atoms with Crippen LogP contribution in [0.2, 0.25) is 0 Å². The van der Waals surface area contributed by atoms with E-state index in [4.69, 9.17) is 4.74 Å². The third kappa shape index (κ3) is 4.83. The molecule has 0 atom stereocenters. The number of hydrogen-bond donors (Lipinski definition) is 1. The van der Waals surface area contributed by atoms with Gasteiger partial charge < -0.3 is 15.0 Å².